The summed E-state index contributed by atoms with van der Waals surface area (Å²) in [5, 5.41) is 13.9. The number of aliphatic hydroxyl groups excluding tert-OH is 1. The Morgan fingerprint density at radius 1 is 1.69 bits per heavy atom. The van der Waals surface area contributed by atoms with E-state index in [4.69, 9.17) is 5.11 Å². The third-order valence-corrected chi connectivity index (χ3v) is 4.18. The van der Waals surface area contributed by atoms with Crippen LogP contribution in [-0.2, 0) is 11.3 Å². The zero-order valence-corrected chi connectivity index (χ0v) is 10.9. The predicted molar refractivity (Wildman–Crippen MR) is 69.8 cm³/mol. The van der Waals surface area contributed by atoms with Crippen LogP contribution in [0.2, 0.25) is 0 Å². The fourth-order valence-corrected chi connectivity index (χ4v) is 2.59. The van der Waals surface area contributed by atoms with Crippen LogP contribution in [0.15, 0.2) is 17.5 Å². The molecule has 5 heteroatoms. The predicted octanol–water partition coefficient (Wildman–Crippen LogP) is 1.87. The minimum Gasteiger partial charge on any atom is -0.396 e. The summed E-state index contributed by atoms with van der Waals surface area (Å²) < 4.78 is 0. The van der Waals surface area contributed by atoms with Crippen LogP contribution >= 0.6 is 23.1 Å². The van der Waals surface area contributed by atoms with Crippen LogP contribution in [0.4, 0.5) is 0 Å². The summed E-state index contributed by atoms with van der Waals surface area (Å²) in [7, 11) is 0. The molecule has 1 atom stereocenters. The minimum atomic E-state index is 0.0585. The van der Waals surface area contributed by atoms with Crippen LogP contribution in [-0.4, -0.2) is 28.6 Å². The molecule has 1 rings (SSSR count). The molecule has 2 N–H and O–H groups in total. The van der Waals surface area contributed by atoms with Gasteiger partial charge < -0.3 is 10.4 Å². The number of hydrogen-bond acceptors (Lipinski definition) is 4. The van der Waals surface area contributed by atoms with E-state index < -0.39 is 0 Å². The average molecular weight is 259 g/mol. The molecule has 0 aliphatic heterocycles. The lowest BCUT2D eigenvalue weighted by Gasteiger charge is -2.09. The first-order valence-electron chi connectivity index (χ1n) is 5.24. The van der Waals surface area contributed by atoms with Crippen LogP contribution in [0.1, 0.15) is 18.2 Å². The van der Waals surface area contributed by atoms with Crippen molar-refractivity contribution in [2.45, 2.75) is 25.1 Å². The van der Waals surface area contributed by atoms with Crippen LogP contribution < -0.4 is 5.32 Å². The van der Waals surface area contributed by atoms with Gasteiger partial charge >= 0.3 is 0 Å². The fourth-order valence-electron chi connectivity index (χ4n) is 1.13. The van der Waals surface area contributed by atoms with Crippen LogP contribution in [0, 0.1) is 0 Å². The second kappa shape index (κ2) is 7.70. The van der Waals surface area contributed by atoms with Crippen molar-refractivity contribution in [1.82, 2.24) is 5.32 Å². The average Bonchev–Trinajstić information content (AvgIpc) is 2.77. The Balaban J connectivity index is 2.11. The summed E-state index contributed by atoms with van der Waals surface area (Å²) in [6.45, 7) is 2.82. The summed E-state index contributed by atoms with van der Waals surface area (Å²) in [5.74, 6) is 0.523. The van der Waals surface area contributed by atoms with Gasteiger partial charge in [0.05, 0.1) is 12.3 Å². The number of hydrogen-bond donors (Lipinski definition) is 2. The molecular formula is C11H17NO2S2. The molecule has 0 aliphatic carbocycles. The van der Waals surface area contributed by atoms with Crippen molar-refractivity contribution in [3.05, 3.63) is 22.4 Å². The first-order valence-corrected chi connectivity index (χ1v) is 7.16. The van der Waals surface area contributed by atoms with Crippen LogP contribution in [0.25, 0.3) is 0 Å². The van der Waals surface area contributed by atoms with E-state index >= 15 is 0 Å². The molecule has 0 fully saturated rings. The molecule has 1 unspecified atom stereocenters. The van der Waals surface area contributed by atoms with Gasteiger partial charge in [-0.1, -0.05) is 13.0 Å². The van der Waals surface area contributed by atoms with Gasteiger partial charge in [0.15, 0.2) is 0 Å². The number of amides is 1. The first-order chi connectivity index (χ1) is 7.72. The van der Waals surface area contributed by atoms with E-state index in [1.165, 1.54) is 4.88 Å². The van der Waals surface area contributed by atoms with Crippen molar-refractivity contribution in [2.24, 2.45) is 0 Å². The highest BCUT2D eigenvalue weighted by atomic mass is 32.2. The second-order valence-corrected chi connectivity index (χ2v) is 5.95. The van der Waals surface area contributed by atoms with E-state index in [0.717, 1.165) is 6.42 Å². The van der Waals surface area contributed by atoms with Crippen LogP contribution in [0.5, 0.6) is 0 Å². The molecule has 0 aliphatic rings. The zero-order chi connectivity index (χ0) is 11.8. The molecule has 16 heavy (non-hydrogen) atoms. The zero-order valence-electron chi connectivity index (χ0n) is 9.31. The van der Waals surface area contributed by atoms with E-state index in [-0.39, 0.29) is 12.5 Å². The van der Waals surface area contributed by atoms with E-state index in [1.54, 1.807) is 23.1 Å². The van der Waals surface area contributed by atoms with Gasteiger partial charge in [0, 0.05) is 16.7 Å². The smallest absolute Gasteiger partial charge is 0.230 e. The van der Waals surface area contributed by atoms with E-state index in [2.05, 4.69) is 5.32 Å². The molecular weight excluding hydrogens is 242 g/mol. The van der Waals surface area contributed by atoms with Gasteiger partial charge in [0.2, 0.25) is 5.91 Å². The van der Waals surface area contributed by atoms with Gasteiger partial charge in [-0.25, -0.2) is 0 Å². The number of thioether (sulfide) groups is 1. The Morgan fingerprint density at radius 3 is 3.12 bits per heavy atom. The number of carbonyl (C=O) groups is 1. The number of thiophene rings is 1. The molecule has 1 aromatic heterocycles. The van der Waals surface area contributed by atoms with Crippen LogP contribution in [0.3, 0.4) is 0 Å². The van der Waals surface area contributed by atoms with Gasteiger partial charge in [-0.3, -0.25) is 4.79 Å². The third kappa shape index (κ3) is 5.53. The Morgan fingerprint density at radius 2 is 2.50 bits per heavy atom. The van der Waals surface area contributed by atoms with Crippen molar-refractivity contribution >= 4 is 29.0 Å². The minimum absolute atomic E-state index is 0.0585. The summed E-state index contributed by atoms with van der Waals surface area (Å²) in [5.41, 5.74) is 0. The molecule has 1 heterocycles. The number of carbonyl (C=O) groups excluding carboxylic acids is 1. The van der Waals surface area contributed by atoms with Crippen molar-refractivity contribution in [3.63, 3.8) is 0 Å². The maximum atomic E-state index is 11.5. The maximum Gasteiger partial charge on any atom is 0.230 e. The lowest BCUT2D eigenvalue weighted by Crippen LogP contribution is -2.25. The Bertz CT molecular complexity index is 301. The molecule has 90 valence electrons. The summed E-state index contributed by atoms with van der Waals surface area (Å²) in [4.78, 5) is 12.6. The molecule has 1 aromatic rings. The maximum absolute atomic E-state index is 11.5. The first kappa shape index (κ1) is 13.5. The number of rotatable bonds is 7. The van der Waals surface area contributed by atoms with Crippen molar-refractivity contribution in [2.75, 3.05) is 12.4 Å². The second-order valence-electron chi connectivity index (χ2n) is 3.49. The monoisotopic (exact) mass is 259 g/mol. The molecule has 0 radical (unpaired) electrons. The largest absolute Gasteiger partial charge is 0.396 e. The van der Waals surface area contributed by atoms with Gasteiger partial charge in [0.25, 0.3) is 0 Å². The number of nitrogens with one attached hydrogen (secondary N) is 1. The quantitative estimate of drug-likeness (QED) is 0.786. The van der Waals surface area contributed by atoms with Crippen molar-refractivity contribution in [1.29, 1.82) is 0 Å². The van der Waals surface area contributed by atoms with Crippen molar-refractivity contribution < 1.29 is 9.90 Å². The molecule has 0 saturated carbocycles. The standard InChI is InChI=1S/C11H17NO2S2/c1-9(4-5-13)16-8-11(14)12-7-10-3-2-6-15-10/h2-3,6,9,13H,4-5,7-8H2,1H3,(H,12,14). The van der Waals surface area contributed by atoms with Gasteiger partial charge in [0.1, 0.15) is 0 Å². The van der Waals surface area contributed by atoms with E-state index in [9.17, 15) is 4.79 Å². The Hall–Kier alpha value is -0.520. The van der Waals surface area contributed by atoms with E-state index in [1.807, 2.05) is 24.4 Å². The lowest BCUT2D eigenvalue weighted by molar-refractivity contribution is -0.118. The third-order valence-electron chi connectivity index (χ3n) is 2.07. The molecule has 0 aromatic carbocycles. The molecule has 3 nitrogen and oxygen atoms in total. The van der Waals surface area contributed by atoms with E-state index in [0.29, 0.717) is 17.5 Å². The fraction of sp³-hybridized carbons (Fsp3) is 0.545. The molecule has 1 amide bonds. The van der Waals surface area contributed by atoms with Gasteiger partial charge in [-0.15, -0.1) is 23.1 Å². The normalized spacial score (nSPS) is 12.4. The highest BCUT2D eigenvalue weighted by Crippen LogP contribution is 2.13. The summed E-state index contributed by atoms with van der Waals surface area (Å²) in [6, 6.07) is 3.98. The Kier molecular flexibility index (Phi) is 6.52. The highest BCUT2D eigenvalue weighted by molar-refractivity contribution is 8.00. The Labute approximate surface area is 104 Å². The molecule has 0 bridgehead atoms. The lowest BCUT2D eigenvalue weighted by atomic mass is 10.3. The SMILES string of the molecule is CC(CCO)SCC(=O)NCc1cccs1. The molecule has 0 saturated heterocycles. The topological polar surface area (TPSA) is 49.3 Å². The molecule has 0 spiro atoms. The number of aliphatic hydroxyl groups is 1. The summed E-state index contributed by atoms with van der Waals surface area (Å²) >= 11 is 3.22. The van der Waals surface area contributed by atoms with Gasteiger partial charge in [-0.05, 0) is 17.9 Å². The summed E-state index contributed by atoms with van der Waals surface area (Å²) in [6.07, 6.45) is 0.739. The van der Waals surface area contributed by atoms with Gasteiger partial charge in [-0.2, -0.15) is 0 Å². The highest BCUT2D eigenvalue weighted by Gasteiger charge is 2.06. The van der Waals surface area contributed by atoms with Crippen molar-refractivity contribution in [3.8, 4) is 0 Å².